The highest BCUT2D eigenvalue weighted by molar-refractivity contribution is 6.31. The van der Waals surface area contributed by atoms with Gasteiger partial charge in [0.05, 0.1) is 0 Å². The molecule has 0 atom stereocenters. The standard InChI is InChI=1S/C20H19ClN4O/c1-13-7-9-16(10-8-13)25-20(26)18-11-19(24-14(2)23-18)22-12-15-5-3-4-6-17(15)21/h3-11H,12H2,1-2H3,(H,25,26)(H,22,23,24). The number of nitrogens with zero attached hydrogens (tertiary/aromatic N) is 2. The minimum Gasteiger partial charge on any atom is -0.366 e. The predicted octanol–water partition coefficient (Wildman–Crippen LogP) is 4.61. The Labute approximate surface area is 157 Å². The number of carbonyl (C=O) groups excluding carboxylic acids is 1. The maximum Gasteiger partial charge on any atom is 0.274 e. The summed E-state index contributed by atoms with van der Waals surface area (Å²) in [5.41, 5.74) is 3.12. The Hall–Kier alpha value is -2.92. The van der Waals surface area contributed by atoms with Gasteiger partial charge in [-0.1, -0.05) is 47.5 Å². The monoisotopic (exact) mass is 366 g/mol. The molecule has 0 saturated carbocycles. The molecule has 5 nitrogen and oxygen atoms in total. The van der Waals surface area contributed by atoms with E-state index >= 15 is 0 Å². The third-order valence-electron chi connectivity index (χ3n) is 3.80. The van der Waals surface area contributed by atoms with Gasteiger partial charge >= 0.3 is 0 Å². The van der Waals surface area contributed by atoms with E-state index in [0.717, 1.165) is 16.8 Å². The molecule has 2 aromatic carbocycles. The lowest BCUT2D eigenvalue weighted by molar-refractivity contribution is 0.102. The largest absolute Gasteiger partial charge is 0.366 e. The third kappa shape index (κ3) is 4.58. The van der Waals surface area contributed by atoms with Gasteiger partial charge in [-0.25, -0.2) is 9.97 Å². The maximum absolute atomic E-state index is 12.5. The molecule has 0 bridgehead atoms. The highest BCUT2D eigenvalue weighted by Gasteiger charge is 2.11. The number of aromatic nitrogens is 2. The van der Waals surface area contributed by atoms with Crippen LogP contribution in [0.15, 0.2) is 54.6 Å². The second-order valence-corrected chi connectivity index (χ2v) is 6.36. The summed E-state index contributed by atoms with van der Waals surface area (Å²) in [5, 5.41) is 6.72. The summed E-state index contributed by atoms with van der Waals surface area (Å²) in [4.78, 5) is 21.0. The van der Waals surface area contributed by atoms with Crippen LogP contribution in [0.3, 0.4) is 0 Å². The first-order valence-corrected chi connectivity index (χ1v) is 8.60. The van der Waals surface area contributed by atoms with Crippen LogP contribution in [0, 0.1) is 13.8 Å². The van der Waals surface area contributed by atoms with Crippen molar-refractivity contribution < 1.29 is 4.79 Å². The zero-order valence-electron chi connectivity index (χ0n) is 14.6. The van der Waals surface area contributed by atoms with Crippen molar-refractivity contribution in [2.24, 2.45) is 0 Å². The zero-order chi connectivity index (χ0) is 18.5. The normalized spacial score (nSPS) is 10.4. The summed E-state index contributed by atoms with van der Waals surface area (Å²) in [7, 11) is 0. The predicted molar refractivity (Wildman–Crippen MR) is 105 cm³/mol. The first-order chi connectivity index (χ1) is 12.5. The molecule has 0 aliphatic heterocycles. The molecule has 6 heteroatoms. The molecule has 1 heterocycles. The van der Waals surface area contributed by atoms with Gasteiger partial charge in [-0.2, -0.15) is 0 Å². The topological polar surface area (TPSA) is 66.9 Å². The van der Waals surface area contributed by atoms with E-state index in [-0.39, 0.29) is 5.91 Å². The van der Waals surface area contributed by atoms with Crippen molar-refractivity contribution in [3.05, 3.63) is 82.3 Å². The van der Waals surface area contributed by atoms with Crippen LogP contribution in [-0.4, -0.2) is 15.9 Å². The van der Waals surface area contributed by atoms with Crippen LogP contribution in [0.2, 0.25) is 5.02 Å². The fourth-order valence-corrected chi connectivity index (χ4v) is 2.64. The third-order valence-corrected chi connectivity index (χ3v) is 4.17. The number of carbonyl (C=O) groups is 1. The van der Waals surface area contributed by atoms with E-state index in [4.69, 9.17) is 11.6 Å². The lowest BCUT2D eigenvalue weighted by Crippen LogP contribution is -2.15. The summed E-state index contributed by atoms with van der Waals surface area (Å²) < 4.78 is 0. The Morgan fingerprint density at radius 1 is 1.04 bits per heavy atom. The minimum absolute atomic E-state index is 0.278. The fraction of sp³-hybridized carbons (Fsp3) is 0.150. The quantitative estimate of drug-likeness (QED) is 0.691. The van der Waals surface area contributed by atoms with E-state index in [1.54, 1.807) is 13.0 Å². The van der Waals surface area contributed by atoms with Crippen molar-refractivity contribution in [3.8, 4) is 0 Å². The maximum atomic E-state index is 12.5. The highest BCUT2D eigenvalue weighted by Crippen LogP contribution is 2.17. The van der Waals surface area contributed by atoms with Crippen LogP contribution in [0.5, 0.6) is 0 Å². The summed E-state index contributed by atoms with van der Waals surface area (Å²) in [6.45, 7) is 4.26. The molecule has 2 N–H and O–H groups in total. The van der Waals surface area contributed by atoms with E-state index in [2.05, 4.69) is 20.6 Å². The second kappa shape index (κ2) is 7.97. The zero-order valence-corrected chi connectivity index (χ0v) is 15.3. The van der Waals surface area contributed by atoms with Crippen LogP contribution in [0.4, 0.5) is 11.5 Å². The number of hydrogen-bond donors (Lipinski definition) is 2. The molecule has 132 valence electrons. The molecule has 1 aromatic heterocycles. The Bertz CT molecular complexity index is 925. The number of amides is 1. The molecule has 0 fully saturated rings. The van der Waals surface area contributed by atoms with Gasteiger partial charge in [0.25, 0.3) is 5.91 Å². The van der Waals surface area contributed by atoms with Gasteiger partial charge in [0.15, 0.2) is 0 Å². The van der Waals surface area contributed by atoms with Crippen LogP contribution in [0.1, 0.15) is 27.4 Å². The Morgan fingerprint density at radius 2 is 1.77 bits per heavy atom. The highest BCUT2D eigenvalue weighted by atomic mass is 35.5. The molecular formula is C20H19ClN4O. The van der Waals surface area contributed by atoms with Crippen molar-refractivity contribution >= 4 is 29.0 Å². The Balaban J connectivity index is 1.73. The number of nitrogens with one attached hydrogen (secondary N) is 2. The molecular weight excluding hydrogens is 348 g/mol. The van der Waals surface area contributed by atoms with E-state index in [1.165, 1.54) is 0 Å². The van der Waals surface area contributed by atoms with E-state index in [9.17, 15) is 4.79 Å². The van der Waals surface area contributed by atoms with Crippen molar-refractivity contribution in [2.45, 2.75) is 20.4 Å². The lowest BCUT2D eigenvalue weighted by Gasteiger charge is -2.10. The van der Waals surface area contributed by atoms with Gasteiger partial charge in [0.2, 0.25) is 0 Å². The van der Waals surface area contributed by atoms with Crippen molar-refractivity contribution in [1.29, 1.82) is 0 Å². The van der Waals surface area contributed by atoms with E-state index in [0.29, 0.717) is 28.9 Å². The van der Waals surface area contributed by atoms with Crippen LogP contribution >= 0.6 is 11.6 Å². The first-order valence-electron chi connectivity index (χ1n) is 8.22. The van der Waals surface area contributed by atoms with Crippen LogP contribution in [0.25, 0.3) is 0 Å². The molecule has 0 unspecified atom stereocenters. The molecule has 0 radical (unpaired) electrons. The Kier molecular flexibility index (Phi) is 5.49. The lowest BCUT2D eigenvalue weighted by atomic mass is 10.2. The number of rotatable bonds is 5. The summed E-state index contributed by atoms with van der Waals surface area (Å²) in [5.74, 6) is 0.815. The molecule has 3 aromatic rings. The number of hydrogen-bond acceptors (Lipinski definition) is 4. The Morgan fingerprint density at radius 3 is 2.50 bits per heavy atom. The molecule has 26 heavy (non-hydrogen) atoms. The van der Waals surface area contributed by atoms with Gasteiger partial charge < -0.3 is 10.6 Å². The summed E-state index contributed by atoms with van der Waals surface area (Å²) >= 11 is 6.17. The fourth-order valence-electron chi connectivity index (χ4n) is 2.43. The van der Waals surface area contributed by atoms with Crippen LogP contribution in [-0.2, 0) is 6.54 Å². The number of aryl methyl sites for hydroxylation is 2. The minimum atomic E-state index is -0.278. The SMILES string of the molecule is Cc1ccc(NC(=O)c2cc(NCc3ccccc3Cl)nc(C)n2)cc1. The number of halogens is 1. The van der Waals surface area contributed by atoms with Gasteiger partial charge in [0, 0.05) is 23.3 Å². The molecule has 3 rings (SSSR count). The van der Waals surface area contributed by atoms with E-state index in [1.807, 2.05) is 55.5 Å². The second-order valence-electron chi connectivity index (χ2n) is 5.95. The van der Waals surface area contributed by atoms with E-state index < -0.39 is 0 Å². The summed E-state index contributed by atoms with van der Waals surface area (Å²) in [6.07, 6.45) is 0. The van der Waals surface area contributed by atoms with Crippen LogP contribution < -0.4 is 10.6 Å². The first kappa shape index (κ1) is 17.9. The molecule has 0 aliphatic rings. The molecule has 0 aliphatic carbocycles. The average Bonchev–Trinajstić information content (AvgIpc) is 2.62. The molecule has 0 spiro atoms. The van der Waals surface area contributed by atoms with Crippen molar-refractivity contribution in [1.82, 2.24) is 9.97 Å². The van der Waals surface area contributed by atoms with Gasteiger partial charge in [-0.15, -0.1) is 0 Å². The number of anilines is 2. The molecule has 1 amide bonds. The summed E-state index contributed by atoms with van der Waals surface area (Å²) in [6, 6.07) is 16.8. The average molecular weight is 367 g/mol. The number of benzene rings is 2. The molecule has 0 saturated heterocycles. The van der Waals surface area contributed by atoms with Gasteiger partial charge in [-0.05, 0) is 37.6 Å². The smallest absolute Gasteiger partial charge is 0.274 e. The van der Waals surface area contributed by atoms with Crippen molar-refractivity contribution in [2.75, 3.05) is 10.6 Å². The van der Waals surface area contributed by atoms with Gasteiger partial charge in [0.1, 0.15) is 17.3 Å². The van der Waals surface area contributed by atoms with Gasteiger partial charge in [-0.3, -0.25) is 4.79 Å². The van der Waals surface area contributed by atoms with Crippen molar-refractivity contribution in [3.63, 3.8) is 0 Å².